The molecule has 18 heavy (non-hydrogen) atoms. The molecule has 0 aromatic heterocycles. The molecule has 0 bridgehead atoms. The Labute approximate surface area is 108 Å². The van der Waals surface area contributed by atoms with Gasteiger partial charge in [0.2, 0.25) is 0 Å². The van der Waals surface area contributed by atoms with Gasteiger partial charge in [-0.2, -0.15) is 0 Å². The molecule has 1 fully saturated rings. The molecule has 1 nitrogen and oxygen atoms in total. The maximum Gasteiger partial charge on any atom is 0.0703 e. The highest BCUT2D eigenvalue weighted by atomic mass is 15.0. The van der Waals surface area contributed by atoms with Gasteiger partial charge in [0, 0.05) is 0 Å². The molecule has 2 aromatic carbocycles. The zero-order chi connectivity index (χ0) is 12.2. The van der Waals surface area contributed by atoms with Crippen LogP contribution in [0.25, 0.3) is 11.1 Å². The SMILES string of the molecule is Cc1ccc2c(c1)C1(CCCN1)c1ccccc1-2. The van der Waals surface area contributed by atoms with Crippen molar-refractivity contribution in [1.29, 1.82) is 0 Å². The van der Waals surface area contributed by atoms with Gasteiger partial charge in [0.05, 0.1) is 5.54 Å². The van der Waals surface area contributed by atoms with Crippen LogP contribution in [0, 0.1) is 6.92 Å². The minimum atomic E-state index is 0.0952. The summed E-state index contributed by atoms with van der Waals surface area (Å²) >= 11 is 0. The Balaban J connectivity index is 2.08. The lowest BCUT2D eigenvalue weighted by molar-refractivity contribution is 0.488. The van der Waals surface area contributed by atoms with E-state index < -0.39 is 0 Å². The van der Waals surface area contributed by atoms with Gasteiger partial charge in [-0.05, 0) is 48.6 Å². The lowest BCUT2D eigenvalue weighted by atomic mass is 9.85. The molecule has 1 aliphatic carbocycles. The van der Waals surface area contributed by atoms with E-state index in [1.54, 1.807) is 0 Å². The fourth-order valence-electron chi connectivity index (χ4n) is 3.68. The molecule has 1 spiro atoms. The van der Waals surface area contributed by atoms with E-state index in [0.717, 1.165) is 6.54 Å². The topological polar surface area (TPSA) is 12.0 Å². The normalized spacial score (nSPS) is 24.3. The van der Waals surface area contributed by atoms with Crippen LogP contribution in [0.3, 0.4) is 0 Å². The summed E-state index contributed by atoms with van der Waals surface area (Å²) in [5, 5.41) is 3.77. The van der Waals surface area contributed by atoms with E-state index >= 15 is 0 Å². The van der Waals surface area contributed by atoms with Crippen molar-refractivity contribution in [1.82, 2.24) is 5.32 Å². The lowest BCUT2D eigenvalue weighted by Gasteiger charge is -2.27. The number of hydrogen-bond acceptors (Lipinski definition) is 1. The Bertz CT molecular complexity index is 621. The number of nitrogens with one attached hydrogen (secondary N) is 1. The summed E-state index contributed by atoms with van der Waals surface area (Å²) in [5.74, 6) is 0. The molecule has 1 unspecified atom stereocenters. The van der Waals surface area contributed by atoms with Crippen molar-refractivity contribution in [3.05, 3.63) is 59.2 Å². The van der Waals surface area contributed by atoms with Crippen molar-refractivity contribution in [2.45, 2.75) is 25.3 Å². The second-order valence-corrected chi connectivity index (χ2v) is 5.53. The fourth-order valence-corrected chi connectivity index (χ4v) is 3.68. The van der Waals surface area contributed by atoms with Gasteiger partial charge in [-0.15, -0.1) is 0 Å². The summed E-state index contributed by atoms with van der Waals surface area (Å²) in [6.07, 6.45) is 2.49. The second-order valence-electron chi connectivity index (χ2n) is 5.53. The summed E-state index contributed by atoms with van der Waals surface area (Å²) in [6.45, 7) is 3.31. The fraction of sp³-hybridized carbons (Fsp3) is 0.294. The van der Waals surface area contributed by atoms with Crippen molar-refractivity contribution in [3.63, 3.8) is 0 Å². The van der Waals surface area contributed by atoms with Crippen LogP contribution in [0.1, 0.15) is 29.5 Å². The third kappa shape index (κ3) is 1.15. The summed E-state index contributed by atoms with van der Waals surface area (Å²) in [5.41, 5.74) is 7.25. The summed E-state index contributed by atoms with van der Waals surface area (Å²) in [6, 6.07) is 15.8. The predicted octanol–water partition coefficient (Wildman–Crippen LogP) is 3.60. The van der Waals surface area contributed by atoms with Crippen molar-refractivity contribution >= 4 is 0 Å². The maximum absolute atomic E-state index is 3.77. The van der Waals surface area contributed by atoms with Gasteiger partial charge in [0.25, 0.3) is 0 Å². The van der Waals surface area contributed by atoms with Crippen molar-refractivity contribution in [3.8, 4) is 11.1 Å². The van der Waals surface area contributed by atoms with Gasteiger partial charge in [-0.25, -0.2) is 0 Å². The highest BCUT2D eigenvalue weighted by Crippen LogP contribution is 2.51. The molecule has 1 saturated heterocycles. The Morgan fingerprint density at radius 1 is 1.00 bits per heavy atom. The first-order chi connectivity index (χ1) is 8.81. The molecule has 1 heterocycles. The molecule has 2 aliphatic rings. The first kappa shape index (κ1) is 10.3. The van der Waals surface area contributed by atoms with Crippen LogP contribution < -0.4 is 5.32 Å². The van der Waals surface area contributed by atoms with Gasteiger partial charge in [-0.3, -0.25) is 0 Å². The molecule has 90 valence electrons. The predicted molar refractivity (Wildman–Crippen MR) is 74.6 cm³/mol. The smallest absolute Gasteiger partial charge is 0.0703 e. The largest absolute Gasteiger partial charge is 0.304 e. The van der Waals surface area contributed by atoms with Gasteiger partial charge >= 0.3 is 0 Å². The standard InChI is InChI=1S/C17H17N/c1-12-7-8-14-13-5-2-3-6-15(13)17(16(14)11-12)9-4-10-18-17/h2-3,5-8,11,18H,4,9-10H2,1H3. The van der Waals surface area contributed by atoms with E-state index in [1.807, 2.05) is 0 Å². The van der Waals surface area contributed by atoms with Gasteiger partial charge in [0.15, 0.2) is 0 Å². The van der Waals surface area contributed by atoms with Crippen LogP contribution in [-0.4, -0.2) is 6.54 Å². The summed E-state index contributed by atoms with van der Waals surface area (Å²) in [7, 11) is 0. The molecular formula is C17H17N. The van der Waals surface area contributed by atoms with Crippen LogP contribution in [0.4, 0.5) is 0 Å². The first-order valence-electron chi connectivity index (χ1n) is 6.77. The second kappa shape index (κ2) is 3.46. The first-order valence-corrected chi connectivity index (χ1v) is 6.77. The number of hydrogen-bond donors (Lipinski definition) is 1. The zero-order valence-corrected chi connectivity index (χ0v) is 10.7. The third-order valence-electron chi connectivity index (χ3n) is 4.47. The minimum Gasteiger partial charge on any atom is -0.304 e. The van der Waals surface area contributed by atoms with Crippen molar-refractivity contribution in [2.24, 2.45) is 0 Å². The number of aryl methyl sites for hydroxylation is 1. The Kier molecular flexibility index (Phi) is 1.98. The molecule has 0 radical (unpaired) electrons. The molecule has 1 aliphatic heterocycles. The Morgan fingerprint density at radius 3 is 2.67 bits per heavy atom. The number of fused-ring (bicyclic) bond motifs is 5. The van der Waals surface area contributed by atoms with Crippen LogP contribution >= 0.6 is 0 Å². The average molecular weight is 235 g/mol. The van der Waals surface area contributed by atoms with Crippen molar-refractivity contribution in [2.75, 3.05) is 6.54 Å². The van der Waals surface area contributed by atoms with Crippen LogP contribution in [-0.2, 0) is 5.54 Å². The molecule has 1 atom stereocenters. The monoisotopic (exact) mass is 235 g/mol. The molecule has 1 N–H and O–H groups in total. The third-order valence-corrected chi connectivity index (χ3v) is 4.47. The van der Waals surface area contributed by atoms with E-state index in [2.05, 4.69) is 54.7 Å². The number of benzene rings is 2. The molecule has 0 amide bonds. The molecule has 0 saturated carbocycles. The molecular weight excluding hydrogens is 218 g/mol. The Morgan fingerprint density at radius 2 is 1.83 bits per heavy atom. The van der Waals surface area contributed by atoms with E-state index in [0.29, 0.717) is 0 Å². The molecule has 2 aromatic rings. The van der Waals surface area contributed by atoms with Crippen LogP contribution in [0.2, 0.25) is 0 Å². The number of rotatable bonds is 0. The lowest BCUT2D eigenvalue weighted by Crippen LogP contribution is -2.35. The highest BCUT2D eigenvalue weighted by molar-refractivity contribution is 5.81. The quantitative estimate of drug-likeness (QED) is 0.735. The Hall–Kier alpha value is -1.60. The molecule has 1 heteroatoms. The van der Waals surface area contributed by atoms with Crippen LogP contribution in [0.15, 0.2) is 42.5 Å². The van der Waals surface area contributed by atoms with Crippen LogP contribution in [0.5, 0.6) is 0 Å². The summed E-state index contributed by atoms with van der Waals surface area (Å²) < 4.78 is 0. The average Bonchev–Trinajstić information content (AvgIpc) is 2.98. The minimum absolute atomic E-state index is 0.0952. The van der Waals surface area contributed by atoms with Gasteiger partial charge in [-0.1, -0.05) is 48.0 Å². The van der Waals surface area contributed by atoms with E-state index in [1.165, 1.54) is 40.7 Å². The molecule has 4 rings (SSSR count). The van der Waals surface area contributed by atoms with E-state index in [4.69, 9.17) is 0 Å². The maximum atomic E-state index is 3.77. The van der Waals surface area contributed by atoms with Crippen molar-refractivity contribution < 1.29 is 0 Å². The summed E-state index contributed by atoms with van der Waals surface area (Å²) in [4.78, 5) is 0. The van der Waals surface area contributed by atoms with E-state index in [-0.39, 0.29) is 5.54 Å². The highest BCUT2D eigenvalue weighted by Gasteiger charge is 2.44. The zero-order valence-electron chi connectivity index (χ0n) is 10.7. The van der Waals surface area contributed by atoms with Gasteiger partial charge < -0.3 is 5.32 Å². The van der Waals surface area contributed by atoms with Gasteiger partial charge in [0.1, 0.15) is 0 Å². The van der Waals surface area contributed by atoms with E-state index in [9.17, 15) is 0 Å².